The monoisotopic (exact) mass is 361 g/mol. The first-order chi connectivity index (χ1) is 12.0. The molecule has 2 aromatic rings. The molecule has 2 heterocycles. The van der Waals surface area contributed by atoms with Crippen molar-refractivity contribution in [2.75, 3.05) is 19.6 Å². The number of hydrogen-bond acceptors (Lipinski definition) is 4. The van der Waals surface area contributed by atoms with Gasteiger partial charge in [0, 0.05) is 6.04 Å². The first-order valence-corrected chi connectivity index (χ1v) is 9.62. The molecular formula is C18H25N4O2S+. The van der Waals surface area contributed by atoms with Gasteiger partial charge in [0.2, 0.25) is 0 Å². The lowest BCUT2D eigenvalue weighted by Gasteiger charge is -2.28. The number of piperidine rings is 1. The summed E-state index contributed by atoms with van der Waals surface area (Å²) in [4.78, 5) is 29.7. The molecule has 1 aliphatic heterocycles. The van der Waals surface area contributed by atoms with Crippen molar-refractivity contribution in [3.63, 3.8) is 0 Å². The largest absolute Gasteiger partial charge is 0.336 e. The summed E-state index contributed by atoms with van der Waals surface area (Å²) in [7, 11) is 0. The van der Waals surface area contributed by atoms with Crippen LogP contribution in [0.4, 0.5) is 4.79 Å². The van der Waals surface area contributed by atoms with E-state index >= 15 is 0 Å². The van der Waals surface area contributed by atoms with E-state index in [0.717, 1.165) is 36.5 Å². The number of hydrogen-bond donors (Lipinski definition) is 3. The smallest absolute Gasteiger partial charge is 0.321 e. The molecule has 1 aliphatic rings. The third-order valence-electron chi connectivity index (χ3n) is 4.36. The Labute approximate surface area is 151 Å². The lowest BCUT2D eigenvalue weighted by Crippen LogP contribution is -3.14. The molecule has 1 aromatic heterocycles. The van der Waals surface area contributed by atoms with Gasteiger partial charge in [-0.1, -0.05) is 12.1 Å². The van der Waals surface area contributed by atoms with Gasteiger partial charge in [-0.2, -0.15) is 0 Å². The molecule has 1 fully saturated rings. The van der Waals surface area contributed by atoms with E-state index in [1.54, 1.807) is 11.3 Å². The molecule has 3 rings (SSSR count). The Balaban J connectivity index is 1.57. The van der Waals surface area contributed by atoms with Crippen LogP contribution in [0.2, 0.25) is 0 Å². The molecule has 1 unspecified atom stereocenters. The molecule has 0 radical (unpaired) electrons. The van der Waals surface area contributed by atoms with Crippen molar-refractivity contribution in [2.24, 2.45) is 0 Å². The minimum atomic E-state index is -0.417. The molecule has 3 N–H and O–H groups in total. The second-order valence-electron chi connectivity index (χ2n) is 6.92. The van der Waals surface area contributed by atoms with Crippen molar-refractivity contribution in [2.45, 2.75) is 38.6 Å². The third kappa shape index (κ3) is 4.76. The van der Waals surface area contributed by atoms with E-state index in [4.69, 9.17) is 4.98 Å². The Hall–Kier alpha value is -1.99. The lowest BCUT2D eigenvalue weighted by molar-refractivity contribution is -0.898. The average molecular weight is 361 g/mol. The molecular weight excluding hydrogens is 336 g/mol. The fourth-order valence-corrected chi connectivity index (χ4v) is 4.39. The zero-order valence-electron chi connectivity index (χ0n) is 14.7. The number of urea groups is 1. The van der Waals surface area contributed by atoms with Gasteiger partial charge in [0.15, 0.2) is 6.54 Å². The van der Waals surface area contributed by atoms with E-state index < -0.39 is 6.03 Å². The molecule has 1 aromatic carbocycles. The number of aromatic nitrogens is 1. The number of imide groups is 1. The fraction of sp³-hybridized carbons (Fsp3) is 0.500. The van der Waals surface area contributed by atoms with Gasteiger partial charge in [-0.25, -0.2) is 9.78 Å². The van der Waals surface area contributed by atoms with E-state index in [1.807, 2.05) is 32.0 Å². The highest BCUT2D eigenvalue weighted by Gasteiger charge is 2.28. The summed E-state index contributed by atoms with van der Waals surface area (Å²) in [5.41, 5.74) is 1.05. The number of likely N-dealkylation sites (tertiary alicyclic amines) is 1. The maximum Gasteiger partial charge on any atom is 0.321 e. The molecule has 25 heavy (non-hydrogen) atoms. The Morgan fingerprint density at radius 3 is 2.92 bits per heavy atom. The molecule has 1 saturated heterocycles. The molecule has 7 heteroatoms. The van der Waals surface area contributed by atoms with Gasteiger partial charge in [-0.15, -0.1) is 11.3 Å². The number of carbonyl (C=O) groups is 2. The summed E-state index contributed by atoms with van der Waals surface area (Å²) in [6.45, 7) is 5.90. The van der Waals surface area contributed by atoms with E-state index in [9.17, 15) is 9.59 Å². The maximum atomic E-state index is 12.1. The third-order valence-corrected chi connectivity index (χ3v) is 5.56. The normalized spacial score (nSPS) is 20.6. The van der Waals surface area contributed by atoms with Crippen LogP contribution < -0.4 is 15.5 Å². The van der Waals surface area contributed by atoms with Gasteiger partial charge in [-0.3, -0.25) is 10.1 Å². The molecule has 3 amide bonds. The van der Waals surface area contributed by atoms with Crippen LogP contribution in [0, 0.1) is 0 Å². The molecule has 2 atom stereocenters. The average Bonchev–Trinajstić information content (AvgIpc) is 2.98. The van der Waals surface area contributed by atoms with Crippen molar-refractivity contribution in [1.29, 1.82) is 0 Å². The number of thiazole rings is 1. The molecule has 6 nitrogen and oxygen atoms in total. The molecule has 0 saturated carbocycles. The lowest BCUT2D eigenvalue weighted by atomic mass is 9.99. The second-order valence-corrected chi connectivity index (χ2v) is 7.98. The Morgan fingerprint density at radius 2 is 2.16 bits per heavy atom. The summed E-state index contributed by atoms with van der Waals surface area (Å²) in [6.07, 6.45) is 2.18. The molecule has 134 valence electrons. The Kier molecular flexibility index (Phi) is 5.65. The zero-order chi connectivity index (χ0) is 17.8. The number of para-hydroxylation sites is 1. The topological polar surface area (TPSA) is 75.5 Å². The predicted molar refractivity (Wildman–Crippen MR) is 99.0 cm³/mol. The molecule has 0 spiro atoms. The van der Waals surface area contributed by atoms with E-state index in [1.165, 1.54) is 9.60 Å². The van der Waals surface area contributed by atoms with Crippen molar-refractivity contribution >= 4 is 33.5 Å². The quantitative estimate of drug-likeness (QED) is 0.768. The summed E-state index contributed by atoms with van der Waals surface area (Å²) in [5.74, 6) is 0.163. The number of nitrogens with zero attached hydrogens (tertiary/aromatic N) is 1. The van der Waals surface area contributed by atoms with Crippen LogP contribution in [0.3, 0.4) is 0 Å². The van der Waals surface area contributed by atoms with Gasteiger partial charge in [0.1, 0.15) is 5.01 Å². The summed E-state index contributed by atoms with van der Waals surface area (Å²) >= 11 is 1.75. The van der Waals surface area contributed by atoms with Crippen LogP contribution >= 0.6 is 11.3 Å². The van der Waals surface area contributed by atoms with Crippen molar-refractivity contribution < 1.29 is 14.5 Å². The van der Waals surface area contributed by atoms with Gasteiger partial charge in [-0.05, 0) is 38.8 Å². The van der Waals surface area contributed by atoms with Crippen LogP contribution in [0.5, 0.6) is 0 Å². The summed E-state index contributed by atoms with van der Waals surface area (Å²) < 4.78 is 1.22. The first kappa shape index (κ1) is 17.8. The maximum absolute atomic E-state index is 12.1. The number of amides is 3. The van der Waals surface area contributed by atoms with Crippen LogP contribution in [0.25, 0.3) is 10.2 Å². The minimum absolute atomic E-state index is 0.0125. The van der Waals surface area contributed by atoms with Gasteiger partial charge < -0.3 is 10.2 Å². The first-order valence-electron chi connectivity index (χ1n) is 8.80. The van der Waals surface area contributed by atoms with Crippen LogP contribution in [0.15, 0.2) is 24.3 Å². The van der Waals surface area contributed by atoms with Crippen LogP contribution in [-0.2, 0) is 4.79 Å². The SMILES string of the molecule is CC(C)NC(=O)NC(=O)C[NH+]1CCC[C@H](c2nc3ccccc3s2)C1. The number of fused-ring (bicyclic) bond motifs is 1. The number of benzene rings is 1. The number of rotatable bonds is 4. The predicted octanol–water partition coefficient (Wildman–Crippen LogP) is 1.29. The Morgan fingerprint density at radius 1 is 1.36 bits per heavy atom. The number of nitrogens with one attached hydrogen (secondary N) is 3. The van der Waals surface area contributed by atoms with E-state index in [2.05, 4.69) is 16.7 Å². The van der Waals surface area contributed by atoms with E-state index in [-0.39, 0.29) is 11.9 Å². The van der Waals surface area contributed by atoms with Crippen LogP contribution in [-0.4, -0.2) is 42.6 Å². The van der Waals surface area contributed by atoms with Gasteiger partial charge in [0.05, 0.1) is 29.2 Å². The highest BCUT2D eigenvalue weighted by atomic mass is 32.1. The van der Waals surface area contributed by atoms with E-state index in [0.29, 0.717) is 12.5 Å². The van der Waals surface area contributed by atoms with Crippen molar-refractivity contribution in [3.8, 4) is 0 Å². The highest BCUT2D eigenvalue weighted by Crippen LogP contribution is 2.30. The van der Waals surface area contributed by atoms with Crippen molar-refractivity contribution in [3.05, 3.63) is 29.3 Å². The summed E-state index contributed by atoms with van der Waals surface area (Å²) in [6, 6.07) is 7.79. The summed E-state index contributed by atoms with van der Waals surface area (Å²) in [5, 5.41) is 6.25. The molecule has 0 aliphatic carbocycles. The zero-order valence-corrected chi connectivity index (χ0v) is 15.5. The number of carbonyl (C=O) groups excluding carboxylic acids is 2. The van der Waals surface area contributed by atoms with Crippen LogP contribution in [0.1, 0.15) is 37.6 Å². The second kappa shape index (κ2) is 7.93. The fourth-order valence-electron chi connectivity index (χ4n) is 3.28. The van der Waals surface area contributed by atoms with Gasteiger partial charge in [0.25, 0.3) is 5.91 Å². The minimum Gasteiger partial charge on any atom is -0.336 e. The van der Waals surface area contributed by atoms with Gasteiger partial charge >= 0.3 is 6.03 Å². The Bertz CT molecular complexity index is 725. The highest BCUT2D eigenvalue weighted by molar-refractivity contribution is 7.18. The standard InChI is InChI=1S/C18H24N4O2S/c1-12(2)19-18(24)21-16(23)11-22-9-5-6-13(10-22)17-20-14-7-3-4-8-15(14)25-17/h3-4,7-8,12-13H,5-6,9-11H2,1-2H3,(H2,19,21,23,24)/p+1/t13-/m0/s1. The number of quaternary nitrogens is 1. The molecule has 0 bridgehead atoms. The van der Waals surface area contributed by atoms with Crippen molar-refractivity contribution in [1.82, 2.24) is 15.6 Å².